The van der Waals surface area contributed by atoms with E-state index in [0.717, 1.165) is 12.2 Å². The van der Waals surface area contributed by atoms with Gasteiger partial charge in [-0.3, -0.25) is 4.79 Å². The Balaban J connectivity index is 2.31. The first-order chi connectivity index (χ1) is 6.77. The monoisotopic (exact) mass is 216 g/mol. The summed E-state index contributed by atoms with van der Waals surface area (Å²) in [4.78, 5) is 11.4. The minimum atomic E-state index is 0.126. The Morgan fingerprint density at radius 3 is 2.93 bits per heavy atom. The van der Waals surface area contributed by atoms with Crippen molar-refractivity contribution in [1.82, 2.24) is 10.6 Å². The third kappa shape index (κ3) is 3.50. The second-order valence-electron chi connectivity index (χ2n) is 3.63. The first kappa shape index (κ1) is 11.9. The predicted molar refractivity (Wildman–Crippen MR) is 61.6 cm³/mol. The van der Waals surface area contributed by atoms with E-state index < -0.39 is 0 Å². The first-order valence-corrected chi connectivity index (χ1v) is 6.38. The third-order valence-corrected chi connectivity index (χ3v) is 3.84. The number of thioether (sulfide) groups is 1. The van der Waals surface area contributed by atoms with Crippen LogP contribution >= 0.6 is 11.8 Å². The molecule has 14 heavy (non-hydrogen) atoms. The van der Waals surface area contributed by atoms with Crippen LogP contribution in [0.1, 0.15) is 26.2 Å². The highest BCUT2D eigenvalue weighted by molar-refractivity contribution is 7.99. The van der Waals surface area contributed by atoms with E-state index in [9.17, 15) is 4.79 Å². The van der Waals surface area contributed by atoms with Gasteiger partial charge in [0.15, 0.2) is 0 Å². The molecule has 1 amide bonds. The van der Waals surface area contributed by atoms with Gasteiger partial charge in [0.2, 0.25) is 5.91 Å². The van der Waals surface area contributed by atoms with E-state index in [0.29, 0.717) is 17.8 Å². The smallest absolute Gasteiger partial charge is 0.234 e. The van der Waals surface area contributed by atoms with Crippen molar-refractivity contribution in [3.8, 4) is 0 Å². The average molecular weight is 216 g/mol. The van der Waals surface area contributed by atoms with Gasteiger partial charge in [0.1, 0.15) is 0 Å². The zero-order valence-electron chi connectivity index (χ0n) is 9.01. The summed E-state index contributed by atoms with van der Waals surface area (Å²) in [5.74, 6) is 1.27. The SMILES string of the molecule is CCSC1CCCC1NC(=O)CNC. The van der Waals surface area contributed by atoms with Crippen LogP contribution in [0.2, 0.25) is 0 Å². The summed E-state index contributed by atoms with van der Waals surface area (Å²) in [7, 11) is 1.80. The molecule has 0 bridgehead atoms. The third-order valence-electron chi connectivity index (χ3n) is 2.52. The van der Waals surface area contributed by atoms with Gasteiger partial charge in [0.05, 0.1) is 6.54 Å². The maximum atomic E-state index is 11.4. The van der Waals surface area contributed by atoms with Gasteiger partial charge in [0.25, 0.3) is 0 Å². The molecule has 1 aliphatic carbocycles. The van der Waals surface area contributed by atoms with Crippen molar-refractivity contribution < 1.29 is 4.79 Å². The molecule has 0 heterocycles. The fraction of sp³-hybridized carbons (Fsp3) is 0.900. The molecule has 1 rings (SSSR count). The molecular formula is C10H20N2OS. The second-order valence-corrected chi connectivity index (χ2v) is 5.15. The molecule has 3 nitrogen and oxygen atoms in total. The average Bonchev–Trinajstić information content (AvgIpc) is 2.54. The number of hydrogen-bond acceptors (Lipinski definition) is 3. The zero-order valence-corrected chi connectivity index (χ0v) is 9.82. The summed E-state index contributed by atoms with van der Waals surface area (Å²) in [5.41, 5.74) is 0. The fourth-order valence-corrected chi connectivity index (χ4v) is 3.12. The van der Waals surface area contributed by atoms with Crippen LogP contribution in [-0.2, 0) is 4.79 Å². The van der Waals surface area contributed by atoms with Gasteiger partial charge < -0.3 is 10.6 Å². The number of rotatable bonds is 5. The van der Waals surface area contributed by atoms with E-state index in [1.807, 2.05) is 11.8 Å². The molecule has 0 aromatic rings. The van der Waals surface area contributed by atoms with Crippen LogP contribution in [0, 0.1) is 0 Å². The molecule has 4 heteroatoms. The highest BCUT2D eigenvalue weighted by Gasteiger charge is 2.27. The number of amides is 1. The Morgan fingerprint density at radius 1 is 1.50 bits per heavy atom. The van der Waals surface area contributed by atoms with Crippen molar-refractivity contribution in [2.24, 2.45) is 0 Å². The maximum absolute atomic E-state index is 11.4. The molecule has 0 radical (unpaired) electrons. The highest BCUT2D eigenvalue weighted by Crippen LogP contribution is 2.29. The Bertz CT molecular complexity index is 187. The van der Waals surface area contributed by atoms with Gasteiger partial charge in [-0.1, -0.05) is 13.3 Å². The molecule has 1 saturated carbocycles. The standard InChI is InChI=1S/C10H20N2OS/c1-3-14-9-6-4-5-8(9)12-10(13)7-11-2/h8-9,11H,3-7H2,1-2H3,(H,12,13). The Kier molecular flexibility index (Phi) is 5.33. The molecule has 2 N–H and O–H groups in total. The van der Waals surface area contributed by atoms with Gasteiger partial charge in [-0.25, -0.2) is 0 Å². The Morgan fingerprint density at radius 2 is 2.29 bits per heavy atom. The van der Waals surface area contributed by atoms with Crippen molar-refractivity contribution in [2.45, 2.75) is 37.5 Å². The van der Waals surface area contributed by atoms with Gasteiger partial charge >= 0.3 is 0 Å². The lowest BCUT2D eigenvalue weighted by Crippen LogP contribution is -2.42. The minimum absolute atomic E-state index is 0.126. The summed E-state index contributed by atoms with van der Waals surface area (Å²) >= 11 is 1.97. The van der Waals surface area contributed by atoms with Crippen molar-refractivity contribution in [3.05, 3.63) is 0 Å². The molecule has 82 valence electrons. The molecule has 1 aliphatic rings. The normalized spacial score (nSPS) is 26.4. The largest absolute Gasteiger partial charge is 0.351 e. The van der Waals surface area contributed by atoms with Crippen LogP contribution in [0.3, 0.4) is 0 Å². The van der Waals surface area contributed by atoms with Gasteiger partial charge in [-0.2, -0.15) is 11.8 Å². The summed E-state index contributed by atoms with van der Waals surface area (Å²) in [5, 5.41) is 6.60. The van der Waals surface area contributed by atoms with E-state index in [1.165, 1.54) is 12.8 Å². The van der Waals surface area contributed by atoms with Crippen molar-refractivity contribution >= 4 is 17.7 Å². The summed E-state index contributed by atoms with van der Waals surface area (Å²) in [6, 6.07) is 0.404. The molecule has 0 saturated heterocycles. The highest BCUT2D eigenvalue weighted by atomic mass is 32.2. The Hall–Kier alpha value is -0.220. The van der Waals surface area contributed by atoms with Crippen LogP contribution in [0.4, 0.5) is 0 Å². The van der Waals surface area contributed by atoms with Crippen molar-refractivity contribution in [3.63, 3.8) is 0 Å². The molecular weight excluding hydrogens is 196 g/mol. The quantitative estimate of drug-likeness (QED) is 0.720. The number of hydrogen-bond donors (Lipinski definition) is 2. The molecule has 2 unspecified atom stereocenters. The van der Waals surface area contributed by atoms with Crippen LogP contribution in [0.15, 0.2) is 0 Å². The number of likely N-dealkylation sites (N-methyl/N-ethyl adjacent to an activating group) is 1. The lowest BCUT2D eigenvalue weighted by Gasteiger charge is -2.19. The van der Waals surface area contributed by atoms with E-state index >= 15 is 0 Å². The minimum Gasteiger partial charge on any atom is -0.351 e. The van der Waals surface area contributed by atoms with Crippen molar-refractivity contribution in [2.75, 3.05) is 19.3 Å². The van der Waals surface area contributed by atoms with E-state index in [-0.39, 0.29) is 5.91 Å². The van der Waals surface area contributed by atoms with E-state index in [4.69, 9.17) is 0 Å². The van der Waals surface area contributed by atoms with Gasteiger partial charge in [-0.05, 0) is 25.6 Å². The lowest BCUT2D eigenvalue weighted by atomic mass is 10.2. The zero-order chi connectivity index (χ0) is 10.4. The fourth-order valence-electron chi connectivity index (χ4n) is 1.92. The number of carbonyl (C=O) groups excluding carboxylic acids is 1. The maximum Gasteiger partial charge on any atom is 0.234 e. The lowest BCUT2D eigenvalue weighted by molar-refractivity contribution is -0.120. The summed E-state index contributed by atoms with van der Waals surface area (Å²) in [6.45, 7) is 2.61. The number of nitrogens with one attached hydrogen (secondary N) is 2. The van der Waals surface area contributed by atoms with E-state index in [1.54, 1.807) is 7.05 Å². The predicted octanol–water partition coefficient (Wildman–Crippen LogP) is 0.996. The molecule has 0 aromatic carbocycles. The molecule has 1 fully saturated rings. The second kappa shape index (κ2) is 6.30. The molecule has 0 spiro atoms. The molecule has 2 atom stereocenters. The number of carbonyl (C=O) groups is 1. The summed E-state index contributed by atoms with van der Waals surface area (Å²) < 4.78 is 0. The summed E-state index contributed by atoms with van der Waals surface area (Å²) in [6.07, 6.45) is 3.65. The van der Waals surface area contributed by atoms with Gasteiger partial charge in [0, 0.05) is 11.3 Å². The molecule has 0 aromatic heterocycles. The van der Waals surface area contributed by atoms with Crippen LogP contribution < -0.4 is 10.6 Å². The Labute approximate surface area is 90.4 Å². The van der Waals surface area contributed by atoms with Crippen LogP contribution in [0.25, 0.3) is 0 Å². The first-order valence-electron chi connectivity index (χ1n) is 5.33. The van der Waals surface area contributed by atoms with Crippen LogP contribution in [-0.4, -0.2) is 36.5 Å². The van der Waals surface area contributed by atoms with Crippen molar-refractivity contribution in [1.29, 1.82) is 0 Å². The topological polar surface area (TPSA) is 41.1 Å². The van der Waals surface area contributed by atoms with Gasteiger partial charge in [-0.15, -0.1) is 0 Å². The van der Waals surface area contributed by atoms with E-state index in [2.05, 4.69) is 17.6 Å². The van der Waals surface area contributed by atoms with Crippen LogP contribution in [0.5, 0.6) is 0 Å². The molecule has 0 aliphatic heterocycles.